The smallest absolute Gasteiger partial charge is 0.181 e. The first-order valence-corrected chi connectivity index (χ1v) is 3.91. The van der Waals surface area contributed by atoms with Gasteiger partial charge in [-0.1, -0.05) is 13.3 Å². The fraction of sp³-hybridized carbons (Fsp3) is 0.625. The lowest BCUT2D eigenvalue weighted by atomic mass is 10.1. The molecule has 1 rings (SSSR count). The summed E-state index contributed by atoms with van der Waals surface area (Å²) in [4.78, 5) is 4.04. The standard InChI is InChI=1S/C8H14N2O/c1-3-4-7(9)8-6(2)11-5-10-8/h5,7H,3-4,9H2,1-2H3. The van der Waals surface area contributed by atoms with Crippen LogP contribution in [0.2, 0.25) is 0 Å². The molecule has 11 heavy (non-hydrogen) atoms. The number of aromatic nitrogens is 1. The van der Waals surface area contributed by atoms with Crippen LogP contribution in [0.25, 0.3) is 0 Å². The van der Waals surface area contributed by atoms with Crippen molar-refractivity contribution in [3.8, 4) is 0 Å². The number of nitrogens with two attached hydrogens (primary N) is 1. The Balaban J connectivity index is 2.67. The Hall–Kier alpha value is -0.830. The van der Waals surface area contributed by atoms with Gasteiger partial charge >= 0.3 is 0 Å². The van der Waals surface area contributed by atoms with Crippen LogP contribution in [0.1, 0.15) is 37.3 Å². The van der Waals surface area contributed by atoms with Crippen molar-refractivity contribution in [2.75, 3.05) is 0 Å². The molecule has 1 unspecified atom stereocenters. The molecular formula is C8H14N2O. The minimum Gasteiger partial charge on any atom is -0.448 e. The summed E-state index contributed by atoms with van der Waals surface area (Å²) < 4.78 is 5.04. The van der Waals surface area contributed by atoms with E-state index in [1.807, 2.05) is 6.92 Å². The molecule has 0 bridgehead atoms. The second-order valence-electron chi connectivity index (χ2n) is 2.69. The van der Waals surface area contributed by atoms with E-state index in [1.54, 1.807) is 0 Å². The SMILES string of the molecule is CCCC(N)c1ncoc1C. The molecule has 1 aromatic rings. The van der Waals surface area contributed by atoms with E-state index in [0.717, 1.165) is 24.3 Å². The third kappa shape index (κ3) is 1.80. The summed E-state index contributed by atoms with van der Waals surface area (Å²) >= 11 is 0. The maximum absolute atomic E-state index is 5.83. The lowest BCUT2D eigenvalue weighted by Crippen LogP contribution is -2.11. The van der Waals surface area contributed by atoms with Gasteiger partial charge in [-0.2, -0.15) is 0 Å². The Morgan fingerprint density at radius 2 is 2.45 bits per heavy atom. The van der Waals surface area contributed by atoms with Gasteiger partial charge in [0.1, 0.15) is 5.76 Å². The molecule has 0 saturated carbocycles. The van der Waals surface area contributed by atoms with Crippen LogP contribution in [0.3, 0.4) is 0 Å². The first-order valence-electron chi connectivity index (χ1n) is 3.91. The van der Waals surface area contributed by atoms with Crippen LogP contribution in [0.15, 0.2) is 10.8 Å². The predicted molar refractivity (Wildman–Crippen MR) is 43.1 cm³/mol. The average molecular weight is 154 g/mol. The van der Waals surface area contributed by atoms with Gasteiger partial charge in [-0.3, -0.25) is 0 Å². The normalized spacial score (nSPS) is 13.4. The number of aryl methyl sites for hydroxylation is 1. The number of rotatable bonds is 3. The molecular weight excluding hydrogens is 140 g/mol. The highest BCUT2D eigenvalue weighted by molar-refractivity contribution is 5.09. The van der Waals surface area contributed by atoms with E-state index in [-0.39, 0.29) is 6.04 Å². The zero-order valence-electron chi connectivity index (χ0n) is 7.00. The van der Waals surface area contributed by atoms with E-state index in [4.69, 9.17) is 10.2 Å². The second kappa shape index (κ2) is 3.53. The number of nitrogens with zero attached hydrogens (tertiary/aromatic N) is 1. The molecule has 0 amide bonds. The maximum Gasteiger partial charge on any atom is 0.181 e. The van der Waals surface area contributed by atoms with Crippen molar-refractivity contribution in [2.24, 2.45) is 5.73 Å². The third-order valence-corrected chi connectivity index (χ3v) is 1.73. The molecule has 0 fully saturated rings. The Labute approximate surface area is 66.6 Å². The first-order chi connectivity index (χ1) is 5.25. The molecule has 0 aliphatic carbocycles. The largest absolute Gasteiger partial charge is 0.448 e. The van der Waals surface area contributed by atoms with Crippen LogP contribution in [0.5, 0.6) is 0 Å². The fourth-order valence-corrected chi connectivity index (χ4v) is 1.12. The highest BCUT2D eigenvalue weighted by Crippen LogP contribution is 2.16. The van der Waals surface area contributed by atoms with Crippen LogP contribution in [-0.2, 0) is 0 Å². The zero-order chi connectivity index (χ0) is 8.27. The van der Waals surface area contributed by atoms with E-state index in [1.165, 1.54) is 6.39 Å². The maximum atomic E-state index is 5.83. The van der Waals surface area contributed by atoms with Crippen LogP contribution < -0.4 is 5.73 Å². The highest BCUT2D eigenvalue weighted by Gasteiger charge is 2.11. The van der Waals surface area contributed by atoms with Gasteiger partial charge in [0.05, 0.1) is 11.7 Å². The summed E-state index contributed by atoms with van der Waals surface area (Å²) in [5, 5.41) is 0. The Morgan fingerprint density at radius 3 is 2.91 bits per heavy atom. The monoisotopic (exact) mass is 154 g/mol. The predicted octanol–water partition coefficient (Wildman–Crippen LogP) is 1.78. The highest BCUT2D eigenvalue weighted by atomic mass is 16.3. The van der Waals surface area contributed by atoms with E-state index < -0.39 is 0 Å². The van der Waals surface area contributed by atoms with Gasteiger partial charge in [0.2, 0.25) is 0 Å². The summed E-state index contributed by atoms with van der Waals surface area (Å²) in [7, 11) is 0. The molecule has 0 spiro atoms. The quantitative estimate of drug-likeness (QED) is 0.722. The van der Waals surface area contributed by atoms with Crippen LogP contribution in [0.4, 0.5) is 0 Å². The molecule has 0 aliphatic rings. The van der Waals surface area contributed by atoms with Gasteiger partial charge < -0.3 is 10.2 Å². The lowest BCUT2D eigenvalue weighted by Gasteiger charge is -2.05. The summed E-state index contributed by atoms with van der Waals surface area (Å²) in [6.45, 7) is 3.99. The van der Waals surface area contributed by atoms with Crippen LogP contribution >= 0.6 is 0 Å². The Morgan fingerprint density at radius 1 is 1.73 bits per heavy atom. The van der Waals surface area contributed by atoms with Gasteiger partial charge in [0, 0.05) is 0 Å². The van der Waals surface area contributed by atoms with Crippen LogP contribution in [0, 0.1) is 6.92 Å². The molecule has 1 aromatic heterocycles. The van der Waals surface area contributed by atoms with E-state index >= 15 is 0 Å². The first kappa shape index (κ1) is 8.27. The van der Waals surface area contributed by atoms with Crippen molar-refractivity contribution in [3.63, 3.8) is 0 Å². The summed E-state index contributed by atoms with van der Waals surface area (Å²) in [6, 6.07) is 0.0405. The van der Waals surface area contributed by atoms with Gasteiger partial charge in [-0.05, 0) is 13.3 Å². The van der Waals surface area contributed by atoms with Crippen molar-refractivity contribution in [1.29, 1.82) is 0 Å². The van der Waals surface area contributed by atoms with Gasteiger partial charge in [0.25, 0.3) is 0 Å². The van der Waals surface area contributed by atoms with Crippen molar-refractivity contribution < 1.29 is 4.42 Å². The van der Waals surface area contributed by atoms with Crippen molar-refractivity contribution >= 4 is 0 Å². The van der Waals surface area contributed by atoms with Gasteiger partial charge in [-0.15, -0.1) is 0 Å². The second-order valence-corrected chi connectivity index (χ2v) is 2.69. The number of hydrogen-bond donors (Lipinski definition) is 1. The molecule has 0 aliphatic heterocycles. The van der Waals surface area contributed by atoms with Crippen LogP contribution in [-0.4, -0.2) is 4.98 Å². The van der Waals surface area contributed by atoms with Gasteiger partial charge in [0.15, 0.2) is 6.39 Å². The molecule has 0 saturated heterocycles. The minimum absolute atomic E-state index is 0.0405. The van der Waals surface area contributed by atoms with E-state index in [0.29, 0.717) is 0 Å². The van der Waals surface area contributed by atoms with Crippen molar-refractivity contribution in [2.45, 2.75) is 32.7 Å². The molecule has 3 nitrogen and oxygen atoms in total. The van der Waals surface area contributed by atoms with E-state index in [2.05, 4.69) is 11.9 Å². The van der Waals surface area contributed by atoms with E-state index in [9.17, 15) is 0 Å². The Kier molecular flexibility index (Phi) is 2.65. The molecule has 62 valence electrons. The average Bonchev–Trinajstić information content (AvgIpc) is 2.36. The third-order valence-electron chi connectivity index (χ3n) is 1.73. The Bertz CT molecular complexity index is 220. The summed E-state index contributed by atoms with van der Waals surface area (Å²) in [5.41, 5.74) is 6.72. The lowest BCUT2D eigenvalue weighted by molar-refractivity contribution is 0.517. The number of hydrogen-bond acceptors (Lipinski definition) is 3. The topological polar surface area (TPSA) is 52.0 Å². The molecule has 3 heteroatoms. The van der Waals surface area contributed by atoms with Crippen molar-refractivity contribution in [3.05, 3.63) is 17.8 Å². The minimum atomic E-state index is 0.0405. The van der Waals surface area contributed by atoms with Gasteiger partial charge in [-0.25, -0.2) is 4.98 Å². The molecule has 1 heterocycles. The molecule has 0 radical (unpaired) electrons. The fourth-order valence-electron chi connectivity index (χ4n) is 1.12. The zero-order valence-corrected chi connectivity index (χ0v) is 7.00. The summed E-state index contributed by atoms with van der Waals surface area (Å²) in [6.07, 6.45) is 3.49. The molecule has 1 atom stereocenters. The summed E-state index contributed by atoms with van der Waals surface area (Å²) in [5.74, 6) is 0.839. The van der Waals surface area contributed by atoms with Crippen molar-refractivity contribution in [1.82, 2.24) is 4.98 Å². The molecule has 0 aromatic carbocycles. The number of oxazole rings is 1. The molecule has 2 N–H and O–H groups in total.